The highest BCUT2D eigenvalue weighted by Crippen LogP contribution is 2.31. The van der Waals surface area contributed by atoms with Gasteiger partial charge in [0.2, 0.25) is 0 Å². The highest BCUT2D eigenvalue weighted by atomic mass is 16.6. The van der Waals surface area contributed by atoms with Crippen LogP contribution in [-0.2, 0) is 4.74 Å². The number of nitrogens with zero attached hydrogens (tertiary/aromatic N) is 1. The third kappa shape index (κ3) is 4.04. The Balaban J connectivity index is 1.37. The number of para-hydroxylation sites is 2. The summed E-state index contributed by atoms with van der Waals surface area (Å²) in [7, 11) is 0. The molecule has 1 aromatic carbocycles. The van der Waals surface area contributed by atoms with Gasteiger partial charge in [0, 0.05) is 19.6 Å². The number of ether oxygens (including phenoxy) is 3. The fourth-order valence-corrected chi connectivity index (χ4v) is 2.61. The first-order valence-corrected chi connectivity index (χ1v) is 7.85. The summed E-state index contributed by atoms with van der Waals surface area (Å²) in [5.74, 6) is 2.08. The van der Waals surface area contributed by atoms with Crippen LogP contribution in [0.5, 0.6) is 11.5 Å². The van der Waals surface area contributed by atoms with Crippen molar-refractivity contribution in [3.05, 3.63) is 24.3 Å². The minimum atomic E-state index is 0.0355. The van der Waals surface area contributed by atoms with Crippen LogP contribution in [0.2, 0.25) is 0 Å². The molecule has 6 nitrogen and oxygen atoms in total. The molecule has 2 aliphatic heterocycles. The maximum atomic E-state index is 5.89. The van der Waals surface area contributed by atoms with E-state index in [1.165, 1.54) is 0 Å². The molecule has 1 aromatic rings. The monoisotopic (exact) mass is 305 g/mol. The zero-order valence-electron chi connectivity index (χ0n) is 12.7. The number of hydrogen-bond donors (Lipinski definition) is 2. The standard InChI is InChI=1S/C16H23N3O3/c17-16(19-10-12-4-3-9-20-12)18-8-7-13-11-21-14-5-1-2-6-15(14)22-13/h1-2,5-6,12-13H,3-4,7-11H2,(H3,17,18,19). The summed E-state index contributed by atoms with van der Waals surface area (Å²) in [4.78, 5) is 4.31. The molecule has 0 aliphatic carbocycles. The Morgan fingerprint density at radius 3 is 2.95 bits per heavy atom. The lowest BCUT2D eigenvalue weighted by atomic mass is 10.2. The molecule has 6 heteroatoms. The summed E-state index contributed by atoms with van der Waals surface area (Å²) >= 11 is 0. The van der Waals surface area contributed by atoms with Gasteiger partial charge in [-0.25, -0.2) is 0 Å². The molecule has 0 amide bonds. The molecule has 2 atom stereocenters. The predicted octanol–water partition coefficient (Wildman–Crippen LogP) is 1.30. The molecule has 0 bridgehead atoms. The number of hydrogen-bond acceptors (Lipinski definition) is 4. The lowest BCUT2D eigenvalue weighted by molar-refractivity contribution is 0.0858. The van der Waals surface area contributed by atoms with E-state index in [2.05, 4.69) is 10.3 Å². The second-order valence-electron chi connectivity index (χ2n) is 5.57. The van der Waals surface area contributed by atoms with Crippen molar-refractivity contribution in [2.45, 2.75) is 31.5 Å². The Kier molecular flexibility index (Phi) is 5.00. The summed E-state index contributed by atoms with van der Waals surface area (Å²) in [6.07, 6.45) is 3.27. The smallest absolute Gasteiger partial charge is 0.188 e. The zero-order chi connectivity index (χ0) is 15.2. The van der Waals surface area contributed by atoms with Crippen molar-refractivity contribution < 1.29 is 14.2 Å². The van der Waals surface area contributed by atoms with Gasteiger partial charge in [-0.2, -0.15) is 0 Å². The number of nitrogens with two attached hydrogens (primary N) is 1. The van der Waals surface area contributed by atoms with Gasteiger partial charge in [-0.1, -0.05) is 12.1 Å². The van der Waals surface area contributed by atoms with E-state index in [0.717, 1.165) is 37.4 Å². The van der Waals surface area contributed by atoms with Gasteiger partial charge in [0.1, 0.15) is 12.7 Å². The molecule has 120 valence electrons. The average molecular weight is 305 g/mol. The van der Waals surface area contributed by atoms with E-state index in [9.17, 15) is 0 Å². The maximum Gasteiger partial charge on any atom is 0.188 e. The molecule has 1 saturated heterocycles. The van der Waals surface area contributed by atoms with Gasteiger partial charge >= 0.3 is 0 Å². The van der Waals surface area contributed by atoms with Gasteiger partial charge in [0.15, 0.2) is 17.5 Å². The predicted molar refractivity (Wildman–Crippen MR) is 84.4 cm³/mol. The molecular formula is C16H23N3O3. The molecule has 2 unspecified atom stereocenters. The van der Waals surface area contributed by atoms with Crippen molar-refractivity contribution >= 4 is 5.96 Å². The molecular weight excluding hydrogens is 282 g/mol. The molecule has 0 saturated carbocycles. The van der Waals surface area contributed by atoms with Gasteiger partial charge in [-0.3, -0.25) is 4.99 Å². The van der Waals surface area contributed by atoms with Crippen molar-refractivity contribution in [3.8, 4) is 11.5 Å². The summed E-state index contributed by atoms with van der Waals surface area (Å²) in [5, 5.41) is 3.11. The summed E-state index contributed by atoms with van der Waals surface area (Å²) < 4.78 is 17.1. The van der Waals surface area contributed by atoms with Crippen LogP contribution in [0.1, 0.15) is 19.3 Å². The van der Waals surface area contributed by atoms with Crippen LogP contribution >= 0.6 is 0 Å². The number of guanidine groups is 1. The SMILES string of the molecule is NC(=NCC1CCCO1)NCCC1COc2ccccc2O1. The van der Waals surface area contributed by atoms with E-state index >= 15 is 0 Å². The molecule has 3 N–H and O–H groups in total. The lowest BCUT2D eigenvalue weighted by Crippen LogP contribution is -2.37. The summed E-state index contributed by atoms with van der Waals surface area (Å²) in [5.41, 5.74) is 5.86. The molecule has 3 rings (SSSR count). The Morgan fingerprint density at radius 2 is 2.14 bits per heavy atom. The minimum Gasteiger partial charge on any atom is -0.486 e. The van der Waals surface area contributed by atoms with E-state index in [4.69, 9.17) is 19.9 Å². The molecule has 2 aliphatic rings. The fourth-order valence-electron chi connectivity index (χ4n) is 2.61. The van der Waals surface area contributed by atoms with Crippen LogP contribution in [-0.4, -0.2) is 44.5 Å². The third-order valence-electron chi connectivity index (χ3n) is 3.83. The Hall–Kier alpha value is -1.95. The van der Waals surface area contributed by atoms with Crippen molar-refractivity contribution in [1.82, 2.24) is 5.32 Å². The van der Waals surface area contributed by atoms with E-state index in [1.54, 1.807) is 0 Å². The van der Waals surface area contributed by atoms with Crippen molar-refractivity contribution in [2.75, 3.05) is 26.3 Å². The first-order chi connectivity index (χ1) is 10.8. The normalized spacial score (nSPS) is 24.3. The van der Waals surface area contributed by atoms with Crippen LogP contribution in [0.25, 0.3) is 0 Å². The quantitative estimate of drug-likeness (QED) is 0.633. The van der Waals surface area contributed by atoms with E-state index in [-0.39, 0.29) is 12.2 Å². The number of aliphatic imine (C=N–C) groups is 1. The Morgan fingerprint density at radius 1 is 1.27 bits per heavy atom. The Bertz CT molecular complexity index is 515. The molecule has 22 heavy (non-hydrogen) atoms. The Labute approximate surface area is 130 Å². The topological polar surface area (TPSA) is 78.1 Å². The van der Waals surface area contributed by atoms with Crippen LogP contribution in [0.3, 0.4) is 0 Å². The van der Waals surface area contributed by atoms with Gasteiger partial charge in [-0.05, 0) is 25.0 Å². The number of nitrogens with one attached hydrogen (secondary N) is 1. The molecule has 2 heterocycles. The summed E-state index contributed by atoms with van der Waals surface area (Å²) in [6.45, 7) is 2.74. The van der Waals surface area contributed by atoms with Gasteiger partial charge in [0.25, 0.3) is 0 Å². The van der Waals surface area contributed by atoms with Crippen molar-refractivity contribution in [1.29, 1.82) is 0 Å². The third-order valence-corrected chi connectivity index (χ3v) is 3.83. The maximum absolute atomic E-state index is 5.89. The van der Waals surface area contributed by atoms with E-state index in [0.29, 0.717) is 25.7 Å². The van der Waals surface area contributed by atoms with Gasteiger partial charge < -0.3 is 25.3 Å². The number of fused-ring (bicyclic) bond motifs is 1. The van der Waals surface area contributed by atoms with E-state index in [1.807, 2.05) is 24.3 Å². The van der Waals surface area contributed by atoms with Crippen molar-refractivity contribution in [2.24, 2.45) is 10.7 Å². The van der Waals surface area contributed by atoms with E-state index < -0.39 is 0 Å². The van der Waals surface area contributed by atoms with Crippen LogP contribution in [0, 0.1) is 0 Å². The van der Waals surface area contributed by atoms with Gasteiger partial charge in [0.05, 0.1) is 12.6 Å². The van der Waals surface area contributed by atoms with Crippen molar-refractivity contribution in [3.63, 3.8) is 0 Å². The minimum absolute atomic E-state index is 0.0355. The lowest BCUT2D eigenvalue weighted by Gasteiger charge is -2.26. The zero-order valence-corrected chi connectivity index (χ0v) is 12.7. The van der Waals surface area contributed by atoms with Crippen LogP contribution in [0.15, 0.2) is 29.3 Å². The first kappa shape index (κ1) is 15.0. The first-order valence-electron chi connectivity index (χ1n) is 7.85. The van der Waals surface area contributed by atoms with Gasteiger partial charge in [-0.15, -0.1) is 0 Å². The fraction of sp³-hybridized carbons (Fsp3) is 0.562. The second kappa shape index (κ2) is 7.35. The molecule has 0 radical (unpaired) electrons. The largest absolute Gasteiger partial charge is 0.486 e. The highest BCUT2D eigenvalue weighted by Gasteiger charge is 2.20. The number of rotatable bonds is 5. The highest BCUT2D eigenvalue weighted by molar-refractivity contribution is 5.77. The van der Waals surface area contributed by atoms with Crippen LogP contribution in [0.4, 0.5) is 0 Å². The van der Waals surface area contributed by atoms with Crippen LogP contribution < -0.4 is 20.5 Å². The second-order valence-corrected chi connectivity index (χ2v) is 5.57. The molecule has 0 spiro atoms. The average Bonchev–Trinajstić information content (AvgIpc) is 3.06. The number of benzene rings is 1. The molecule has 1 fully saturated rings. The summed E-state index contributed by atoms with van der Waals surface area (Å²) in [6, 6.07) is 7.72. The molecule has 0 aromatic heterocycles.